The Morgan fingerprint density at radius 1 is 0.611 bits per heavy atom. The summed E-state index contributed by atoms with van der Waals surface area (Å²) < 4.78 is 0. The van der Waals surface area contributed by atoms with Crippen molar-refractivity contribution in [2.24, 2.45) is 35.1 Å². The van der Waals surface area contributed by atoms with E-state index in [2.05, 4.69) is 39.8 Å². The Balaban J connectivity index is 2.60. The van der Waals surface area contributed by atoms with Gasteiger partial charge in [0.2, 0.25) is 0 Å². The lowest BCUT2D eigenvalue weighted by Crippen LogP contribution is -2.43. The molecule has 1 saturated carbocycles. The number of rotatable bonds is 23. The average molecular weight is 505 g/mol. The fraction of sp³-hybridized carbons (Fsp3) is 0.941. The Labute approximate surface area is 228 Å². The van der Waals surface area contributed by atoms with Gasteiger partial charge in [0.05, 0.1) is 0 Å². The molecule has 0 aromatic carbocycles. The second-order valence-electron chi connectivity index (χ2n) is 12.4. The van der Waals surface area contributed by atoms with Crippen molar-refractivity contribution in [3.05, 3.63) is 12.2 Å². The Morgan fingerprint density at radius 2 is 1.22 bits per heavy atom. The van der Waals surface area contributed by atoms with E-state index >= 15 is 0 Å². The number of allylic oxidation sites excluding steroid dienone is 2. The van der Waals surface area contributed by atoms with Crippen molar-refractivity contribution in [2.75, 3.05) is 0 Å². The molecule has 0 radical (unpaired) electrons. The number of nitrogens with two attached hydrogens (primary N) is 2. The van der Waals surface area contributed by atoms with Crippen LogP contribution in [0.2, 0.25) is 0 Å². The van der Waals surface area contributed by atoms with Crippen LogP contribution < -0.4 is 11.5 Å². The predicted octanol–water partition coefficient (Wildman–Crippen LogP) is 10.3. The monoisotopic (exact) mass is 505 g/mol. The van der Waals surface area contributed by atoms with E-state index in [0.29, 0.717) is 23.9 Å². The van der Waals surface area contributed by atoms with E-state index in [0.717, 1.165) is 11.8 Å². The van der Waals surface area contributed by atoms with E-state index < -0.39 is 0 Å². The molecule has 1 fully saturated rings. The summed E-state index contributed by atoms with van der Waals surface area (Å²) in [7, 11) is 0. The normalized spacial score (nSPS) is 19.4. The molecule has 1 aliphatic rings. The minimum absolute atomic E-state index is 0.323. The fourth-order valence-electron chi connectivity index (χ4n) is 6.83. The van der Waals surface area contributed by atoms with Crippen LogP contribution in [0.4, 0.5) is 0 Å². The van der Waals surface area contributed by atoms with Crippen LogP contribution in [-0.2, 0) is 0 Å². The molecular weight excluding hydrogens is 436 g/mol. The van der Waals surface area contributed by atoms with Crippen molar-refractivity contribution in [3.8, 4) is 0 Å². The number of hydrogen-bond acceptors (Lipinski definition) is 2. The molecule has 2 heteroatoms. The second kappa shape index (κ2) is 22.6. The van der Waals surface area contributed by atoms with E-state index in [1.807, 2.05) is 0 Å². The summed E-state index contributed by atoms with van der Waals surface area (Å²) >= 11 is 0. The summed E-state index contributed by atoms with van der Waals surface area (Å²) in [5.41, 5.74) is 13.8. The molecule has 0 bridgehead atoms. The summed E-state index contributed by atoms with van der Waals surface area (Å²) in [6.45, 7) is 9.35. The number of unbranched alkanes of at least 4 members (excludes halogenated alkanes) is 7. The standard InChI is InChI=1S/C34H68N2/c1-5-9-11-19-25-33(35)31(8-4)32(34(36)26-20-12-10-6-2)28-27-29(7-3)21-15-13-16-22-30-23-17-14-18-24-30/h16,22,29-34H,5-15,17-21,23-28,35-36H2,1-4H3/b22-16+. The van der Waals surface area contributed by atoms with E-state index in [-0.39, 0.29) is 0 Å². The minimum Gasteiger partial charge on any atom is -0.327 e. The van der Waals surface area contributed by atoms with Crippen molar-refractivity contribution < 1.29 is 0 Å². The Bertz CT molecular complexity index is 495. The molecule has 1 aliphatic carbocycles. The van der Waals surface area contributed by atoms with Gasteiger partial charge in [0.25, 0.3) is 0 Å². The Morgan fingerprint density at radius 3 is 1.78 bits per heavy atom. The van der Waals surface area contributed by atoms with Crippen LogP contribution in [-0.4, -0.2) is 12.1 Å². The molecule has 0 aliphatic heterocycles. The van der Waals surface area contributed by atoms with Gasteiger partial charge in [-0.05, 0) is 68.6 Å². The minimum atomic E-state index is 0.323. The molecule has 0 aromatic rings. The smallest absolute Gasteiger partial charge is 0.00703 e. The third kappa shape index (κ3) is 15.2. The highest BCUT2D eigenvalue weighted by Gasteiger charge is 2.30. The molecule has 5 atom stereocenters. The van der Waals surface area contributed by atoms with Gasteiger partial charge < -0.3 is 11.5 Å². The molecule has 0 amide bonds. The Hall–Kier alpha value is -0.340. The zero-order valence-electron chi connectivity index (χ0n) is 25.3. The fourth-order valence-corrected chi connectivity index (χ4v) is 6.83. The molecule has 0 spiro atoms. The molecule has 1 rings (SSSR count). The largest absolute Gasteiger partial charge is 0.327 e. The van der Waals surface area contributed by atoms with Gasteiger partial charge in [-0.1, -0.05) is 136 Å². The van der Waals surface area contributed by atoms with E-state index in [1.165, 1.54) is 141 Å². The van der Waals surface area contributed by atoms with Crippen LogP contribution in [0.3, 0.4) is 0 Å². The van der Waals surface area contributed by atoms with Gasteiger partial charge in [-0.25, -0.2) is 0 Å². The van der Waals surface area contributed by atoms with Gasteiger partial charge in [0.15, 0.2) is 0 Å². The topological polar surface area (TPSA) is 52.0 Å². The third-order valence-corrected chi connectivity index (χ3v) is 9.43. The van der Waals surface area contributed by atoms with Gasteiger partial charge in [-0.3, -0.25) is 0 Å². The van der Waals surface area contributed by atoms with E-state index in [1.54, 1.807) is 0 Å². The number of hydrogen-bond donors (Lipinski definition) is 2. The van der Waals surface area contributed by atoms with Crippen LogP contribution in [0.1, 0.15) is 169 Å². The summed E-state index contributed by atoms with van der Waals surface area (Å²) in [5.74, 6) is 2.90. The molecular formula is C34H68N2. The SMILES string of the molecule is CCCCCCC(N)C(CC)C(CCC(CC)CCC/C=C/C1CCCCC1)C(N)CCCCCC. The zero-order valence-corrected chi connectivity index (χ0v) is 25.3. The third-order valence-electron chi connectivity index (χ3n) is 9.43. The summed E-state index contributed by atoms with van der Waals surface area (Å²) in [4.78, 5) is 0. The van der Waals surface area contributed by atoms with E-state index in [4.69, 9.17) is 11.5 Å². The Kier molecular flexibility index (Phi) is 21.2. The van der Waals surface area contributed by atoms with Crippen molar-refractivity contribution >= 4 is 0 Å². The van der Waals surface area contributed by atoms with Crippen LogP contribution in [0.25, 0.3) is 0 Å². The quantitative estimate of drug-likeness (QED) is 0.107. The molecule has 36 heavy (non-hydrogen) atoms. The average Bonchev–Trinajstić information content (AvgIpc) is 2.90. The highest BCUT2D eigenvalue weighted by molar-refractivity contribution is 4.90. The second-order valence-corrected chi connectivity index (χ2v) is 12.4. The molecule has 5 unspecified atom stereocenters. The lowest BCUT2D eigenvalue weighted by Gasteiger charge is -2.36. The zero-order chi connectivity index (χ0) is 26.4. The molecule has 0 saturated heterocycles. The first-order valence-electron chi connectivity index (χ1n) is 16.7. The molecule has 4 N–H and O–H groups in total. The van der Waals surface area contributed by atoms with E-state index in [9.17, 15) is 0 Å². The van der Waals surface area contributed by atoms with Crippen LogP contribution >= 0.6 is 0 Å². The highest BCUT2D eigenvalue weighted by Crippen LogP contribution is 2.33. The van der Waals surface area contributed by atoms with Gasteiger partial charge in [-0.2, -0.15) is 0 Å². The van der Waals surface area contributed by atoms with Crippen molar-refractivity contribution in [3.63, 3.8) is 0 Å². The van der Waals surface area contributed by atoms with Crippen molar-refractivity contribution in [2.45, 2.75) is 181 Å². The maximum absolute atomic E-state index is 6.96. The summed E-state index contributed by atoms with van der Waals surface area (Å²) in [6, 6.07) is 0.646. The summed E-state index contributed by atoms with van der Waals surface area (Å²) in [5, 5.41) is 0. The van der Waals surface area contributed by atoms with Crippen molar-refractivity contribution in [1.29, 1.82) is 0 Å². The predicted molar refractivity (Wildman–Crippen MR) is 163 cm³/mol. The first-order chi connectivity index (χ1) is 17.6. The van der Waals surface area contributed by atoms with Gasteiger partial charge >= 0.3 is 0 Å². The van der Waals surface area contributed by atoms with Crippen LogP contribution in [0, 0.1) is 23.7 Å². The molecule has 214 valence electrons. The molecule has 0 aromatic heterocycles. The molecule has 2 nitrogen and oxygen atoms in total. The highest BCUT2D eigenvalue weighted by atomic mass is 14.7. The maximum atomic E-state index is 6.96. The lowest BCUT2D eigenvalue weighted by molar-refractivity contribution is 0.188. The first kappa shape index (κ1) is 33.7. The summed E-state index contributed by atoms with van der Waals surface area (Å²) in [6.07, 6.45) is 34.3. The van der Waals surface area contributed by atoms with Crippen molar-refractivity contribution in [1.82, 2.24) is 0 Å². The maximum Gasteiger partial charge on any atom is 0.00703 e. The lowest BCUT2D eigenvalue weighted by atomic mass is 9.73. The van der Waals surface area contributed by atoms with Crippen LogP contribution in [0.15, 0.2) is 12.2 Å². The molecule has 0 heterocycles. The van der Waals surface area contributed by atoms with Gasteiger partial charge in [0, 0.05) is 12.1 Å². The van der Waals surface area contributed by atoms with Crippen LogP contribution in [0.5, 0.6) is 0 Å². The van der Waals surface area contributed by atoms with Gasteiger partial charge in [0.1, 0.15) is 0 Å². The van der Waals surface area contributed by atoms with Gasteiger partial charge in [-0.15, -0.1) is 0 Å². The first-order valence-corrected chi connectivity index (χ1v) is 16.7.